The quantitative estimate of drug-likeness (QED) is 0.477. The zero-order chi connectivity index (χ0) is 24.0. The molecular formula is C26H30N2O4S. The standard InChI is InChI=1S/C26H30N2O4S/c1-19-11-13-24(14-12-19)33(30,31)28(23-9-5-7-20(2)17-23)18-26(29)27-15-16-32-25-10-6-8-21(3)22(25)4/h5-14,17H,15-16,18H2,1-4H3,(H,27,29). The summed E-state index contributed by atoms with van der Waals surface area (Å²) in [5.41, 5.74) is 4.49. The van der Waals surface area contributed by atoms with E-state index in [9.17, 15) is 13.2 Å². The van der Waals surface area contributed by atoms with Crippen molar-refractivity contribution in [1.29, 1.82) is 0 Å². The highest BCUT2D eigenvalue weighted by atomic mass is 32.2. The van der Waals surface area contributed by atoms with Crippen molar-refractivity contribution in [2.75, 3.05) is 24.0 Å². The number of nitrogens with one attached hydrogen (secondary N) is 1. The predicted octanol–water partition coefficient (Wildman–Crippen LogP) is 4.31. The maximum absolute atomic E-state index is 13.4. The zero-order valence-corrected chi connectivity index (χ0v) is 20.3. The number of hydrogen-bond donors (Lipinski definition) is 1. The van der Waals surface area contributed by atoms with Gasteiger partial charge in [0.15, 0.2) is 0 Å². The van der Waals surface area contributed by atoms with Gasteiger partial charge in [-0.3, -0.25) is 9.10 Å². The molecular weight excluding hydrogens is 436 g/mol. The number of rotatable bonds is 9. The first-order valence-electron chi connectivity index (χ1n) is 10.8. The summed E-state index contributed by atoms with van der Waals surface area (Å²) in [6.45, 7) is 7.98. The lowest BCUT2D eigenvalue weighted by Gasteiger charge is -2.24. The summed E-state index contributed by atoms with van der Waals surface area (Å²) in [4.78, 5) is 12.8. The minimum absolute atomic E-state index is 0.140. The summed E-state index contributed by atoms with van der Waals surface area (Å²) in [5.74, 6) is 0.365. The van der Waals surface area contributed by atoms with Crippen molar-refractivity contribution in [2.45, 2.75) is 32.6 Å². The summed E-state index contributed by atoms with van der Waals surface area (Å²) in [6.07, 6.45) is 0. The molecule has 3 rings (SSSR count). The molecule has 1 N–H and O–H groups in total. The van der Waals surface area contributed by atoms with E-state index in [2.05, 4.69) is 5.32 Å². The van der Waals surface area contributed by atoms with Crippen LogP contribution in [-0.2, 0) is 14.8 Å². The molecule has 0 atom stereocenters. The van der Waals surface area contributed by atoms with Gasteiger partial charge in [0.25, 0.3) is 10.0 Å². The molecule has 0 aromatic heterocycles. The van der Waals surface area contributed by atoms with E-state index in [-0.39, 0.29) is 24.6 Å². The Hall–Kier alpha value is -3.32. The second kappa shape index (κ2) is 10.5. The molecule has 0 aliphatic carbocycles. The highest BCUT2D eigenvalue weighted by Crippen LogP contribution is 2.25. The van der Waals surface area contributed by atoms with Crippen molar-refractivity contribution < 1.29 is 17.9 Å². The third-order valence-electron chi connectivity index (χ3n) is 5.42. The zero-order valence-electron chi connectivity index (χ0n) is 19.5. The van der Waals surface area contributed by atoms with Crippen molar-refractivity contribution in [2.24, 2.45) is 0 Å². The Morgan fingerprint density at radius 1 is 0.909 bits per heavy atom. The van der Waals surface area contributed by atoms with Gasteiger partial charge in [0, 0.05) is 0 Å². The van der Waals surface area contributed by atoms with Crippen LogP contribution in [0.5, 0.6) is 5.75 Å². The smallest absolute Gasteiger partial charge is 0.264 e. The molecule has 3 aromatic rings. The molecule has 7 heteroatoms. The number of hydrogen-bond acceptors (Lipinski definition) is 4. The Kier molecular flexibility index (Phi) is 7.76. The van der Waals surface area contributed by atoms with Crippen LogP contribution >= 0.6 is 0 Å². The third kappa shape index (κ3) is 6.14. The van der Waals surface area contributed by atoms with Crippen LogP contribution in [0.2, 0.25) is 0 Å². The molecule has 0 unspecified atom stereocenters. The van der Waals surface area contributed by atoms with Crippen LogP contribution in [0.3, 0.4) is 0 Å². The number of sulfonamides is 1. The molecule has 0 heterocycles. The lowest BCUT2D eigenvalue weighted by molar-refractivity contribution is -0.119. The predicted molar refractivity (Wildman–Crippen MR) is 131 cm³/mol. The Bertz CT molecular complexity index is 1220. The Labute approximate surface area is 196 Å². The molecule has 33 heavy (non-hydrogen) atoms. The number of ether oxygens (including phenoxy) is 1. The highest BCUT2D eigenvalue weighted by Gasteiger charge is 2.27. The number of aryl methyl sites for hydroxylation is 3. The maximum atomic E-state index is 13.4. The van der Waals surface area contributed by atoms with Gasteiger partial charge in [0.1, 0.15) is 18.9 Å². The van der Waals surface area contributed by atoms with Crippen molar-refractivity contribution in [3.05, 3.63) is 89.0 Å². The molecule has 3 aromatic carbocycles. The number of nitrogens with zero attached hydrogens (tertiary/aromatic N) is 1. The van der Waals surface area contributed by atoms with Crippen LogP contribution < -0.4 is 14.4 Å². The molecule has 174 valence electrons. The normalized spacial score (nSPS) is 11.2. The van der Waals surface area contributed by atoms with E-state index in [4.69, 9.17) is 4.74 Å². The van der Waals surface area contributed by atoms with E-state index in [0.717, 1.165) is 32.3 Å². The van der Waals surface area contributed by atoms with E-state index in [1.165, 1.54) is 0 Å². The summed E-state index contributed by atoms with van der Waals surface area (Å²) in [6, 6.07) is 19.5. The number of anilines is 1. The average molecular weight is 467 g/mol. The fourth-order valence-corrected chi connectivity index (χ4v) is 4.77. The second-order valence-electron chi connectivity index (χ2n) is 8.06. The minimum Gasteiger partial charge on any atom is -0.491 e. The van der Waals surface area contributed by atoms with Crippen molar-refractivity contribution in [1.82, 2.24) is 5.32 Å². The molecule has 0 saturated carbocycles. The number of benzene rings is 3. The van der Waals surface area contributed by atoms with E-state index < -0.39 is 15.9 Å². The molecule has 0 radical (unpaired) electrons. The van der Waals surface area contributed by atoms with E-state index in [0.29, 0.717) is 5.69 Å². The maximum Gasteiger partial charge on any atom is 0.264 e. The molecule has 0 spiro atoms. The van der Waals surface area contributed by atoms with E-state index in [1.54, 1.807) is 42.5 Å². The highest BCUT2D eigenvalue weighted by molar-refractivity contribution is 7.92. The summed E-state index contributed by atoms with van der Waals surface area (Å²) < 4.78 is 33.7. The number of carbonyl (C=O) groups excluding carboxylic acids is 1. The molecule has 0 bridgehead atoms. The first-order chi connectivity index (χ1) is 15.7. The first-order valence-corrected chi connectivity index (χ1v) is 12.2. The Morgan fingerprint density at radius 3 is 2.30 bits per heavy atom. The van der Waals surface area contributed by atoms with Gasteiger partial charge < -0.3 is 10.1 Å². The fraction of sp³-hybridized carbons (Fsp3) is 0.269. The van der Waals surface area contributed by atoms with Gasteiger partial charge >= 0.3 is 0 Å². The molecule has 6 nitrogen and oxygen atoms in total. The molecule has 1 amide bonds. The molecule has 0 aliphatic rings. The lowest BCUT2D eigenvalue weighted by Crippen LogP contribution is -2.42. The number of carbonyl (C=O) groups is 1. The van der Waals surface area contributed by atoms with Crippen molar-refractivity contribution >= 4 is 21.6 Å². The van der Waals surface area contributed by atoms with Crippen LogP contribution in [-0.4, -0.2) is 34.0 Å². The van der Waals surface area contributed by atoms with Gasteiger partial charge in [0.05, 0.1) is 17.1 Å². The van der Waals surface area contributed by atoms with Crippen LogP contribution in [0.25, 0.3) is 0 Å². The second-order valence-corrected chi connectivity index (χ2v) is 9.92. The van der Waals surface area contributed by atoms with Crippen LogP contribution in [0.4, 0.5) is 5.69 Å². The van der Waals surface area contributed by atoms with Crippen LogP contribution in [0.15, 0.2) is 71.6 Å². The first kappa shape index (κ1) is 24.3. The minimum atomic E-state index is -3.93. The summed E-state index contributed by atoms with van der Waals surface area (Å²) in [7, 11) is -3.93. The fourth-order valence-electron chi connectivity index (χ4n) is 3.35. The van der Waals surface area contributed by atoms with Crippen LogP contribution in [0, 0.1) is 27.7 Å². The third-order valence-corrected chi connectivity index (χ3v) is 7.21. The Balaban J connectivity index is 1.71. The summed E-state index contributed by atoms with van der Waals surface area (Å²) >= 11 is 0. The Morgan fingerprint density at radius 2 is 1.61 bits per heavy atom. The largest absolute Gasteiger partial charge is 0.491 e. The molecule has 0 aliphatic heterocycles. The van der Waals surface area contributed by atoms with Gasteiger partial charge in [0.2, 0.25) is 5.91 Å². The van der Waals surface area contributed by atoms with Crippen molar-refractivity contribution in [3.8, 4) is 5.75 Å². The monoisotopic (exact) mass is 466 g/mol. The van der Waals surface area contributed by atoms with Gasteiger partial charge in [-0.25, -0.2) is 8.42 Å². The van der Waals surface area contributed by atoms with Gasteiger partial charge in [-0.05, 0) is 74.7 Å². The number of amides is 1. The lowest BCUT2D eigenvalue weighted by atomic mass is 10.1. The van der Waals surface area contributed by atoms with Crippen molar-refractivity contribution in [3.63, 3.8) is 0 Å². The topological polar surface area (TPSA) is 75.7 Å². The van der Waals surface area contributed by atoms with Gasteiger partial charge in [-0.2, -0.15) is 0 Å². The van der Waals surface area contributed by atoms with E-state index in [1.807, 2.05) is 52.0 Å². The van der Waals surface area contributed by atoms with Crippen LogP contribution in [0.1, 0.15) is 22.3 Å². The van der Waals surface area contributed by atoms with Gasteiger partial charge in [-0.15, -0.1) is 0 Å². The average Bonchev–Trinajstić information content (AvgIpc) is 2.78. The molecule has 0 fully saturated rings. The summed E-state index contributed by atoms with van der Waals surface area (Å²) in [5, 5.41) is 2.76. The molecule has 0 saturated heterocycles. The van der Waals surface area contributed by atoms with Gasteiger partial charge in [-0.1, -0.05) is 42.0 Å². The SMILES string of the molecule is Cc1ccc(S(=O)(=O)N(CC(=O)NCCOc2cccc(C)c2C)c2cccc(C)c2)cc1. The van der Waals surface area contributed by atoms with E-state index >= 15 is 0 Å².